The van der Waals surface area contributed by atoms with E-state index in [9.17, 15) is 14.6 Å². The maximum atomic E-state index is 14.3. The van der Waals surface area contributed by atoms with Crippen LogP contribution in [0.15, 0.2) is 42.7 Å². The van der Waals surface area contributed by atoms with E-state index in [2.05, 4.69) is 9.97 Å². The van der Waals surface area contributed by atoms with Crippen molar-refractivity contribution in [2.24, 2.45) is 7.05 Å². The molecule has 0 aliphatic carbocycles. The molecule has 2 unspecified atom stereocenters. The topological polar surface area (TPSA) is 128 Å². The number of nitrogen functional groups attached to an aromatic ring is 1. The van der Waals surface area contributed by atoms with Crippen molar-refractivity contribution in [3.8, 4) is 22.2 Å². The summed E-state index contributed by atoms with van der Waals surface area (Å²) >= 11 is 1.43. The molecule has 198 valence electrons. The van der Waals surface area contributed by atoms with Crippen LogP contribution in [0.2, 0.25) is 0 Å². The first kappa shape index (κ1) is 26.9. The number of pyridine rings is 1. The van der Waals surface area contributed by atoms with Gasteiger partial charge in [0.25, 0.3) is 0 Å². The average Bonchev–Trinajstić information content (AvgIpc) is 3.45. The third-order valence-electron chi connectivity index (χ3n) is 5.71. The molecule has 0 aliphatic rings. The Kier molecular flexibility index (Phi) is 8.69. The fourth-order valence-corrected chi connectivity index (χ4v) is 4.82. The Morgan fingerprint density at radius 2 is 2.00 bits per heavy atom. The first-order valence-electron chi connectivity index (χ1n) is 11.6. The second-order valence-electron chi connectivity index (χ2n) is 8.43. The van der Waals surface area contributed by atoms with Crippen molar-refractivity contribution >= 4 is 27.2 Å². The highest BCUT2D eigenvalue weighted by molar-refractivity contribution is 7.22. The standard InChI is InChI=1S/C25H30FN5O5S/c1-15(32)35-14-23(33)31(8-9-34-3)13-17-12-29-25(30(17)2)22-11-19-24(37-22)21(6-7-28-19)36-20-5-4-16(27)10-18(20)26/h4-7,10-12,15,23,32-33H,8-9,13-14,27H2,1-3H3. The Labute approximate surface area is 217 Å². The number of hydrogen-bond acceptors (Lipinski definition) is 10. The van der Waals surface area contributed by atoms with E-state index in [4.69, 9.17) is 19.9 Å². The van der Waals surface area contributed by atoms with Crippen molar-refractivity contribution in [1.82, 2.24) is 19.4 Å². The smallest absolute Gasteiger partial charge is 0.167 e. The number of methoxy groups -OCH3 is 1. The number of fused-ring (bicyclic) bond motifs is 1. The number of anilines is 1. The Balaban J connectivity index is 1.58. The van der Waals surface area contributed by atoms with Crippen LogP contribution in [-0.4, -0.2) is 69.0 Å². The summed E-state index contributed by atoms with van der Waals surface area (Å²) in [6.45, 7) is 2.69. The third-order valence-corrected chi connectivity index (χ3v) is 6.85. The highest BCUT2D eigenvalue weighted by atomic mass is 32.1. The minimum atomic E-state index is -0.978. The quantitative estimate of drug-likeness (QED) is 0.186. The number of imidazole rings is 1. The van der Waals surface area contributed by atoms with Gasteiger partial charge in [-0.3, -0.25) is 9.88 Å². The minimum absolute atomic E-state index is 0.0501. The molecule has 0 aliphatic heterocycles. The number of rotatable bonds is 12. The predicted molar refractivity (Wildman–Crippen MR) is 139 cm³/mol. The maximum absolute atomic E-state index is 14.3. The summed E-state index contributed by atoms with van der Waals surface area (Å²) in [5, 5.41) is 20.0. The molecular weight excluding hydrogens is 501 g/mol. The molecule has 0 radical (unpaired) electrons. The Morgan fingerprint density at radius 1 is 1.19 bits per heavy atom. The van der Waals surface area contributed by atoms with Crippen molar-refractivity contribution < 1.29 is 28.8 Å². The lowest BCUT2D eigenvalue weighted by atomic mass is 10.3. The summed E-state index contributed by atoms with van der Waals surface area (Å²) in [4.78, 5) is 11.7. The van der Waals surface area contributed by atoms with Crippen LogP contribution in [0, 0.1) is 5.82 Å². The van der Waals surface area contributed by atoms with Crippen LogP contribution in [-0.2, 0) is 23.1 Å². The summed E-state index contributed by atoms with van der Waals surface area (Å²) in [5.74, 6) is 0.718. The maximum Gasteiger partial charge on any atom is 0.167 e. The van der Waals surface area contributed by atoms with Gasteiger partial charge in [0, 0.05) is 51.3 Å². The lowest BCUT2D eigenvalue weighted by molar-refractivity contribution is -0.142. The number of nitrogens with two attached hydrogens (primary N) is 1. The molecule has 37 heavy (non-hydrogen) atoms. The molecule has 0 bridgehead atoms. The molecule has 4 aromatic rings. The van der Waals surface area contributed by atoms with E-state index in [1.165, 1.54) is 30.4 Å². The van der Waals surface area contributed by atoms with Gasteiger partial charge >= 0.3 is 0 Å². The normalized spacial score (nSPS) is 13.4. The summed E-state index contributed by atoms with van der Waals surface area (Å²) in [5.41, 5.74) is 7.51. The van der Waals surface area contributed by atoms with Crippen molar-refractivity contribution in [3.05, 3.63) is 54.2 Å². The van der Waals surface area contributed by atoms with Gasteiger partial charge in [0.2, 0.25) is 0 Å². The lowest BCUT2D eigenvalue weighted by Gasteiger charge is -2.28. The summed E-state index contributed by atoms with van der Waals surface area (Å²) in [6, 6.07) is 7.88. The van der Waals surface area contributed by atoms with Gasteiger partial charge in [0.1, 0.15) is 17.8 Å². The number of benzene rings is 1. The van der Waals surface area contributed by atoms with E-state index in [1.807, 2.05) is 17.7 Å². The molecule has 1 aromatic carbocycles. The molecule has 3 aromatic heterocycles. The number of aromatic nitrogens is 3. The molecular formula is C25H30FN5O5S. The largest absolute Gasteiger partial charge is 0.453 e. The first-order chi connectivity index (χ1) is 17.8. The molecule has 0 saturated heterocycles. The van der Waals surface area contributed by atoms with Crippen LogP contribution in [0.5, 0.6) is 11.5 Å². The number of aliphatic hydroxyl groups excluding tert-OH is 2. The van der Waals surface area contributed by atoms with E-state index in [0.717, 1.165) is 15.3 Å². The summed E-state index contributed by atoms with van der Waals surface area (Å²) < 4.78 is 33.2. The predicted octanol–water partition coefficient (Wildman–Crippen LogP) is 3.33. The second-order valence-corrected chi connectivity index (χ2v) is 9.49. The van der Waals surface area contributed by atoms with Gasteiger partial charge < -0.3 is 34.7 Å². The van der Waals surface area contributed by atoms with E-state index >= 15 is 0 Å². The number of aliphatic hydroxyl groups is 2. The number of nitrogens with zero attached hydrogens (tertiary/aromatic N) is 4. The van der Waals surface area contributed by atoms with Gasteiger partial charge in [-0.2, -0.15) is 0 Å². The van der Waals surface area contributed by atoms with Crippen molar-refractivity contribution in [1.29, 1.82) is 0 Å². The molecule has 0 spiro atoms. The van der Waals surface area contributed by atoms with Crippen LogP contribution in [0.3, 0.4) is 0 Å². The second kappa shape index (κ2) is 11.9. The van der Waals surface area contributed by atoms with Gasteiger partial charge in [-0.05, 0) is 25.1 Å². The molecule has 2 atom stereocenters. The lowest BCUT2D eigenvalue weighted by Crippen LogP contribution is -2.41. The highest BCUT2D eigenvalue weighted by Crippen LogP contribution is 2.39. The molecule has 0 saturated carbocycles. The van der Waals surface area contributed by atoms with E-state index in [-0.39, 0.29) is 12.4 Å². The van der Waals surface area contributed by atoms with Crippen molar-refractivity contribution in [2.45, 2.75) is 26.0 Å². The van der Waals surface area contributed by atoms with Crippen LogP contribution >= 0.6 is 11.3 Å². The zero-order chi connectivity index (χ0) is 26.5. The van der Waals surface area contributed by atoms with E-state index in [0.29, 0.717) is 42.5 Å². The molecule has 12 heteroatoms. The molecule has 4 rings (SSSR count). The number of halogens is 1. The Bertz CT molecular complexity index is 1340. The van der Waals surface area contributed by atoms with Gasteiger partial charge in [-0.1, -0.05) is 0 Å². The van der Waals surface area contributed by atoms with Gasteiger partial charge in [-0.25, -0.2) is 9.37 Å². The Hall–Kier alpha value is -3.13. The van der Waals surface area contributed by atoms with E-state index in [1.54, 1.807) is 36.5 Å². The number of ether oxygens (including phenoxy) is 3. The van der Waals surface area contributed by atoms with Gasteiger partial charge in [0.15, 0.2) is 17.9 Å². The van der Waals surface area contributed by atoms with Crippen LogP contribution < -0.4 is 10.5 Å². The fraction of sp³-hybridized carbons (Fsp3) is 0.360. The molecule has 3 heterocycles. The van der Waals surface area contributed by atoms with Gasteiger partial charge in [-0.15, -0.1) is 11.3 Å². The zero-order valence-corrected chi connectivity index (χ0v) is 21.6. The Morgan fingerprint density at radius 3 is 2.73 bits per heavy atom. The number of thiophene rings is 1. The minimum Gasteiger partial charge on any atom is -0.453 e. The fourth-order valence-electron chi connectivity index (χ4n) is 3.73. The molecule has 0 fully saturated rings. The van der Waals surface area contributed by atoms with Crippen molar-refractivity contribution in [2.75, 3.05) is 32.6 Å². The molecule has 10 nitrogen and oxygen atoms in total. The van der Waals surface area contributed by atoms with Gasteiger partial charge in [0.05, 0.1) is 40.2 Å². The number of hydrogen-bond donors (Lipinski definition) is 3. The average molecular weight is 532 g/mol. The van der Waals surface area contributed by atoms with E-state index < -0.39 is 18.3 Å². The van der Waals surface area contributed by atoms with Crippen LogP contribution in [0.4, 0.5) is 10.1 Å². The first-order valence-corrected chi connectivity index (χ1v) is 12.4. The van der Waals surface area contributed by atoms with Crippen molar-refractivity contribution in [3.63, 3.8) is 0 Å². The molecule has 0 amide bonds. The van der Waals surface area contributed by atoms with Crippen LogP contribution in [0.25, 0.3) is 20.9 Å². The van der Waals surface area contributed by atoms with Crippen LogP contribution in [0.1, 0.15) is 12.6 Å². The SMILES string of the molecule is COCCN(Cc1cnc(-c2cc3nccc(Oc4ccc(N)cc4F)c3s2)n1C)C(O)COC(C)O. The summed E-state index contributed by atoms with van der Waals surface area (Å²) in [7, 11) is 3.48. The highest BCUT2D eigenvalue weighted by Gasteiger charge is 2.21. The molecule has 4 N–H and O–H groups in total. The summed E-state index contributed by atoms with van der Waals surface area (Å²) in [6.07, 6.45) is 1.44. The monoisotopic (exact) mass is 531 g/mol. The third kappa shape index (κ3) is 6.42. The zero-order valence-electron chi connectivity index (χ0n) is 20.8.